The van der Waals surface area contributed by atoms with Crippen LogP contribution in [-0.2, 0) is 4.79 Å². The smallest absolute Gasteiger partial charge is 0.220 e. The second-order valence-electron chi connectivity index (χ2n) is 4.78. The summed E-state index contributed by atoms with van der Waals surface area (Å²) in [6, 6.07) is 0. The molecule has 0 aromatic carbocycles. The van der Waals surface area contributed by atoms with Crippen LogP contribution in [0.5, 0.6) is 0 Å². The zero-order valence-corrected chi connectivity index (χ0v) is 11.2. The van der Waals surface area contributed by atoms with Crippen LogP contribution in [0.1, 0.15) is 39.0 Å². The largest absolute Gasteiger partial charge is 0.355 e. The van der Waals surface area contributed by atoms with Gasteiger partial charge in [0.25, 0.3) is 0 Å². The van der Waals surface area contributed by atoms with Crippen molar-refractivity contribution in [1.29, 1.82) is 0 Å². The van der Waals surface area contributed by atoms with E-state index in [-0.39, 0.29) is 18.3 Å². The Morgan fingerprint density at radius 1 is 1.19 bits per heavy atom. The molecule has 0 heterocycles. The number of hydrogen-bond acceptors (Lipinski definition) is 2. The van der Waals surface area contributed by atoms with E-state index in [0.717, 1.165) is 25.4 Å². The van der Waals surface area contributed by atoms with Crippen molar-refractivity contribution in [2.45, 2.75) is 39.0 Å². The van der Waals surface area contributed by atoms with Crippen molar-refractivity contribution in [2.24, 2.45) is 11.8 Å². The highest BCUT2D eigenvalue weighted by Gasteiger charge is 2.20. The maximum atomic E-state index is 11.5. The number of carbonyl (C=O) groups excluding carboxylic acids is 1. The minimum atomic E-state index is 0. The van der Waals surface area contributed by atoms with E-state index >= 15 is 0 Å². The van der Waals surface area contributed by atoms with E-state index in [4.69, 9.17) is 0 Å². The summed E-state index contributed by atoms with van der Waals surface area (Å²) in [5.41, 5.74) is 0. The third-order valence-electron chi connectivity index (χ3n) is 3.31. The highest BCUT2D eigenvalue weighted by Crippen LogP contribution is 2.30. The van der Waals surface area contributed by atoms with Crippen LogP contribution in [0.2, 0.25) is 0 Å². The van der Waals surface area contributed by atoms with Gasteiger partial charge in [-0.3, -0.25) is 4.79 Å². The Balaban J connectivity index is 0.00000225. The molecule has 3 nitrogen and oxygen atoms in total. The summed E-state index contributed by atoms with van der Waals surface area (Å²) in [5.74, 6) is 1.73. The lowest BCUT2D eigenvalue weighted by molar-refractivity contribution is -0.122. The molecule has 1 aliphatic carbocycles. The number of rotatable bonds is 5. The first kappa shape index (κ1) is 15.7. The molecule has 1 aliphatic rings. The molecule has 1 rings (SSSR count). The maximum absolute atomic E-state index is 11.5. The molecular formula is C12H25ClN2O. The molecule has 0 aromatic rings. The van der Waals surface area contributed by atoms with Crippen molar-refractivity contribution in [1.82, 2.24) is 10.6 Å². The molecule has 0 aromatic heterocycles. The quantitative estimate of drug-likeness (QED) is 0.731. The van der Waals surface area contributed by atoms with E-state index in [0.29, 0.717) is 5.92 Å². The van der Waals surface area contributed by atoms with Crippen molar-refractivity contribution < 1.29 is 4.79 Å². The summed E-state index contributed by atoms with van der Waals surface area (Å²) in [6.45, 7) is 3.91. The van der Waals surface area contributed by atoms with Gasteiger partial charge in [-0.1, -0.05) is 19.8 Å². The zero-order valence-electron chi connectivity index (χ0n) is 10.4. The van der Waals surface area contributed by atoms with Gasteiger partial charge < -0.3 is 10.6 Å². The Bertz CT molecular complexity index is 191. The molecule has 1 saturated carbocycles. The van der Waals surface area contributed by atoms with Gasteiger partial charge >= 0.3 is 0 Å². The Hall–Kier alpha value is -0.280. The van der Waals surface area contributed by atoms with Gasteiger partial charge in [-0.05, 0) is 31.7 Å². The molecule has 1 fully saturated rings. The van der Waals surface area contributed by atoms with Crippen LogP contribution in [0.4, 0.5) is 0 Å². The van der Waals surface area contributed by atoms with E-state index in [1.807, 2.05) is 7.05 Å². The normalized spacial score (nSPS) is 24.6. The first-order chi connectivity index (χ1) is 7.22. The van der Waals surface area contributed by atoms with Crippen LogP contribution in [0.25, 0.3) is 0 Å². The van der Waals surface area contributed by atoms with Crippen molar-refractivity contribution in [2.75, 3.05) is 20.1 Å². The molecule has 0 aliphatic heterocycles. The van der Waals surface area contributed by atoms with E-state index in [1.54, 1.807) is 0 Å². The van der Waals surface area contributed by atoms with E-state index < -0.39 is 0 Å². The second-order valence-corrected chi connectivity index (χ2v) is 4.78. The lowest BCUT2D eigenvalue weighted by Crippen LogP contribution is -2.32. The van der Waals surface area contributed by atoms with Crippen LogP contribution in [-0.4, -0.2) is 26.0 Å². The maximum Gasteiger partial charge on any atom is 0.220 e. The number of carbonyl (C=O) groups is 1. The Kier molecular flexibility index (Phi) is 8.67. The van der Waals surface area contributed by atoms with E-state index in [2.05, 4.69) is 17.6 Å². The van der Waals surface area contributed by atoms with Crippen LogP contribution in [0.3, 0.4) is 0 Å². The molecule has 4 heteroatoms. The second kappa shape index (κ2) is 8.82. The highest BCUT2D eigenvalue weighted by atomic mass is 35.5. The zero-order chi connectivity index (χ0) is 11.1. The highest BCUT2D eigenvalue weighted by molar-refractivity contribution is 5.85. The molecular weight excluding hydrogens is 224 g/mol. The minimum absolute atomic E-state index is 0. The molecule has 1 amide bonds. The Labute approximate surface area is 105 Å². The summed E-state index contributed by atoms with van der Waals surface area (Å²) in [6.07, 6.45) is 5.81. The molecule has 0 radical (unpaired) electrons. The topological polar surface area (TPSA) is 41.1 Å². The van der Waals surface area contributed by atoms with Crippen molar-refractivity contribution in [3.05, 3.63) is 0 Å². The fourth-order valence-electron chi connectivity index (χ4n) is 2.19. The lowest BCUT2D eigenvalue weighted by Gasteiger charge is -2.25. The van der Waals surface area contributed by atoms with Gasteiger partial charge in [-0.2, -0.15) is 0 Å². The number of hydrogen-bond donors (Lipinski definition) is 2. The number of amides is 1. The third-order valence-corrected chi connectivity index (χ3v) is 3.31. The van der Waals surface area contributed by atoms with Gasteiger partial charge in [0.2, 0.25) is 5.91 Å². The summed E-state index contributed by atoms with van der Waals surface area (Å²) >= 11 is 0. The Morgan fingerprint density at radius 2 is 1.81 bits per heavy atom. The molecule has 2 N–H and O–H groups in total. The van der Waals surface area contributed by atoms with Gasteiger partial charge in [-0.15, -0.1) is 12.4 Å². The molecule has 16 heavy (non-hydrogen) atoms. The molecule has 0 unspecified atom stereocenters. The summed E-state index contributed by atoms with van der Waals surface area (Å²) < 4.78 is 0. The number of halogens is 1. The monoisotopic (exact) mass is 248 g/mol. The first-order valence-electron chi connectivity index (χ1n) is 6.13. The molecule has 0 atom stereocenters. The average Bonchev–Trinajstić information content (AvgIpc) is 2.22. The molecule has 96 valence electrons. The van der Waals surface area contributed by atoms with E-state index in [1.165, 1.54) is 25.7 Å². The number of likely N-dealkylation sites (N-methyl/N-ethyl adjacent to an activating group) is 1. The molecule has 0 saturated heterocycles. The Morgan fingerprint density at radius 3 is 2.38 bits per heavy atom. The predicted molar refractivity (Wildman–Crippen MR) is 69.9 cm³/mol. The average molecular weight is 249 g/mol. The third kappa shape index (κ3) is 6.33. The number of nitrogens with one attached hydrogen (secondary N) is 2. The summed E-state index contributed by atoms with van der Waals surface area (Å²) in [4.78, 5) is 11.5. The van der Waals surface area contributed by atoms with Crippen molar-refractivity contribution >= 4 is 18.3 Å². The van der Waals surface area contributed by atoms with Crippen LogP contribution in [0, 0.1) is 11.8 Å². The van der Waals surface area contributed by atoms with Crippen LogP contribution < -0.4 is 10.6 Å². The molecule has 0 bridgehead atoms. The molecule has 0 spiro atoms. The van der Waals surface area contributed by atoms with Crippen molar-refractivity contribution in [3.8, 4) is 0 Å². The van der Waals surface area contributed by atoms with Crippen molar-refractivity contribution in [3.63, 3.8) is 0 Å². The standard InChI is InChI=1S/C12H24N2O.ClH/c1-10-3-5-11(6-4-10)9-12(15)14-8-7-13-2;/h10-11,13H,3-9H2,1-2H3,(H,14,15);1H. The minimum Gasteiger partial charge on any atom is -0.355 e. The van der Waals surface area contributed by atoms with Gasteiger partial charge in [0.05, 0.1) is 0 Å². The predicted octanol–water partition coefficient (Wildman–Crippen LogP) is 1.96. The van der Waals surface area contributed by atoms with Gasteiger partial charge in [-0.25, -0.2) is 0 Å². The first-order valence-corrected chi connectivity index (χ1v) is 6.13. The van der Waals surface area contributed by atoms with Crippen LogP contribution >= 0.6 is 12.4 Å². The van der Waals surface area contributed by atoms with Gasteiger partial charge in [0.15, 0.2) is 0 Å². The fourth-order valence-corrected chi connectivity index (χ4v) is 2.19. The van der Waals surface area contributed by atoms with Gasteiger partial charge in [0, 0.05) is 19.5 Å². The van der Waals surface area contributed by atoms with Crippen LogP contribution in [0.15, 0.2) is 0 Å². The SMILES string of the molecule is CNCCNC(=O)CC1CCC(C)CC1.Cl. The van der Waals surface area contributed by atoms with Gasteiger partial charge in [0.1, 0.15) is 0 Å². The summed E-state index contributed by atoms with van der Waals surface area (Å²) in [5, 5.41) is 5.96. The summed E-state index contributed by atoms with van der Waals surface area (Å²) in [7, 11) is 1.90. The lowest BCUT2D eigenvalue weighted by atomic mass is 9.81. The van der Waals surface area contributed by atoms with E-state index in [9.17, 15) is 4.79 Å². The fraction of sp³-hybridized carbons (Fsp3) is 0.917.